The molecule has 9 heteroatoms. The van der Waals surface area contributed by atoms with E-state index in [1.807, 2.05) is 12.3 Å². The van der Waals surface area contributed by atoms with E-state index in [2.05, 4.69) is 5.32 Å². The van der Waals surface area contributed by atoms with Crippen LogP contribution < -0.4 is 25.0 Å². The molecule has 34 heavy (non-hydrogen) atoms. The highest BCUT2D eigenvalue weighted by Gasteiger charge is 2.30. The quantitative estimate of drug-likeness (QED) is 0.275. The fraction of sp³-hybridized carbons (Fsp3) is 0.360. The SMILES string of the molecule is COc1c(OC(=O)CC(C)=O)cc2c(c1OC)-c1ccc(SC)c(=O)cc1C(NC(C)=O)CC2. The van der Waals surface area contributed by atoms with Gasteiger partial charge in [-0.2, -0.15) is 0 Å². The molecule has 0 saturated heterocycles. The number of nitrogens with one attached hydrogen (secondary N) is 1. The van der Waals surface area contributed by atoms with Crippen molar-refractivity contribution in [2.24, 2.45) is 0 Å². The van der Waals surface area contributed by atoms with Crippen LogP contribution in [0.5, 0.6) is 17.2 Å². The lowest BCUT2D eigenvalue weighted by Gasteiger charge is -2.20. The van der Waals surface area contributed by atoms with Crippen LogP contribution in [0.15, 0.2) is 34.0 Å². The third-order valence-corrected chi connectivity index (χ3v) is 6.27. The zero-order valence-corrected chi connectivity index (χ0v) is 20.6. The van der Waals surface area contributed by atoms with Gasteiger partial charge in [0.15, 0.2) is 16.9 Å². The van der Waals surface area contributed by atoms with Gasteiger partial charge in [-0.15, -0.1) is 11.8 Å². The maximum atomic E-state index is 12.8. The number of hydrogen-bond acceptors (Lipinski definition) is 8. The predicted molar refractivity (Wildman–Crippen MR) is 129 cm³/mol. The van der Waals surface area contributed by atoms with Gasteiger partial charge in [-0.05, 0) is 60.9 Å². The number of aryl methyl sites for hydroxylation is 1. The maximum Gasteiger partial charge on any atom is 0.318 e. The first-order chi connectivity index (χ1) is 16.2. The molecule has 0 saturated carbocycles. The van der Waals surface area contributed by atoms with Crippen molar-refractivity contribution in [2.75, 3.05) is 20.5 Å². The summed E-state index contributed by atoms with van der Waals surface area (Å²) < 4.78 is 16.7. The van der Waals surface area contributed by atoms with E-state index in [1.165, 1.54) is 39.8 Å². The summed E-state index contributed by atoms with van der Waals surface area (Å²) in [7, 11) is 2.90. The van der Waals surface area contributed by atoms with E-state index in [4.69, 9.17) is 14.2 Å². The number of esters is 1. The molecule has 1 atom stereocenters. The van der Waals surface area contributed by atoms with Gasteiger partial charge >= 0.3 is 5.97 Å². The predicted octanol–water partition coefficient (Wildman–Crippen LogP) is 3.46. The Morgan fingerprint density at radius 2 is 1.79 bits per heavy atom. The summed E-state index contributed by atoms with van der Waals surface area (Å²) in [6.45, 7) is 2.74. The van der Waals surface area contributed by atoms with Crippen LogP contribution in [0.3, 0.4) is 0 Å². The lowest BCUT2D eigenvalue weighted by Crippen LogP contribution is -2.26. The molecule has 0 aromatic heterocycles. The van der Waals surface area contributed by atoms with Crippen molar-refractivity contribution in [1.29, 1.82) is 0 Å². The third-order valence-electron chi connectivity index (χ3n) is 5.50. The standard InChI is InChI=1S/C25H27NO7S/c1-13(27)10-22(30)33-20-11-15-6-8-18(26-14(2)28)17-12-19(29)21(34-5)9-7-16(17)23(15)25(32-4)24(20)31-3/h7,9,11-12,18H,6,8,10H2,1-5H3,(H,26,28). The first-order valence-corrected chi connectivity index (χ1v) is 11.9. The van der Waals surface area contributed by atoms with Gasteiger partial charge in [0.2, 0.25) is 11.7 Å². The molecule has 0 radical (unpaired) electrons. The van der Waals surface area contributed by atoms with Gasteiger partial charge in [0.05, 0.1) is 25.2 Å². The molecule has 1 aliphatic rings. The smallest absolute Gasteiger partial charge is 0.318 e. The number of Topliss-reactive ketones (excluding diaryl/α,β-unsaturated/α-hetero) is 1. The van der Waals surface area contributed by atoms with Gasteiger partial charge < -0.3 is 19.5 Å². The van der Waals surface area contributed by atoms with E-state index in [1.54, 1.807) is 18.2 Å². The Labute approximate surface area is 202 Å². The van der Waals surface area contributed by atoms with Gasteiger partial charge in [0.25, 0.3) is 0 Å². The van der Waals surface area contributed by atoms with E-state index in [9.17, 15) is 19.2 Å². The van der Waals surface area contributed by atoms with Crippen LogP contribution in [0.2, 0.25) is 0 Å². The van der Waals surface area contributed by atoms with Gasteiger partial charge in [0.1, 0.15) is 12.2 Å². The largest absolute Gasteiger partial charge is 0.492 e. The normalized spacial score (nSPS) is 14.2. The number of hydrogen-bond donors (Lipinski definition) is 1. The van der Waals surface area contributed by atoms with Crippen LogP contribution in [0.4, 0.5) is 0 Å². The summed E-state index contributed by atoms with van der Waals surface area (Å²) in [4.78, 5) is 48.9. The molecule has 3 rings (SSSR count). The van der Waals surface area contributed by atoms with E-state index >= 15 is 0 Å². The second-order valence-electron chi connectivity index (χ2n) is 7.90. The highest BCUT2D eigenvalue weighted by atomic mass is 32.2. The van der Waals surface area contributed by atoms with Gasteiger partial charge in [-0.1, -0.05) is 6.07 Å². The number of carbonyl (C=O) groups excluding carboxylic acids is 3. The molecule has 2 aromatic rings. The monoisotopic (exact) mass is 485 g/mol. The van der Waals surface area contributed by atoms with Crippen molar-refractivity contribution >= 4 is 29.4 Å². The summed E-state index contributed by atoms with van der Waals surface area (Å²) in [5.74, 6) is -0.568. The summed E-state index contributed by atoms with van der Waals surface area (Å²) in [6, 6.07) is 6.43. The number of methoxy groups -OCH3 is 2. The number of thioether (sulfide) groups is 1. The molecule has 0 fully saturated rings. The van der Waals surface area contributed by atoms with E-state index in [0.29, 0.717) is 40.2 Å². The van der Waals surface area contributed by atoms with Crippen molar-refractivity contribution < 1.29 is 28.6 Å². The third kappa shape index (κ3) is 5.25. The van der Waals surface area contributed by atoms with Crippen LogP contribution in [0.25, 0.3) is 11.1 Å². The Morgan fingerprint density at radius 3 is 2.38 bits per heavy atom. The van der Waals surface area contributed by atoms with Crippen molar-refractivity contribution in [3.8, 4) is 28.4 Å². The number of ketones is 1. The summed E-state index contributed by atoms with van der Waals surface area (Å²) in [6.07, 6.45) is 2.47. The molecule has 0 spiro atoms. The molecule has 180 valence electrons. The fourth-order valence-electron chi connectivity index (χ4n) is 4.15. The Hall–Kier alpha value is -3.33. The van der Waals surface area contributed by atoms with Gasteiger partial charge in [-0.25, -0.2) is 0 Å². The molecule has 1 unspecified atom stereocenters. The number of carbonyl (C=O) groups is 3. The van der Waals surface area contributed by atoms with Crippen molar-refractivity contribution in [1.82, 2.24) is 5.32 Å². The number of ether oxygens (including phenoxy) is 3. The minimum absolute atomic E-state index is 0.137. The summed E-state index contributed by atoms with van der Waals surface area (Å²) in [5.41, 5.74) is 2.72. The summed E-state index contributed by atoms with van der Waals surface area (Å²) >= 11 is 1.34. The molecule has 0 bridgehead atoms. The lowest BCUT2D eigenvalue weighted by atomic mass is 9.95. The number of rotatable bonds is 7. The Balaban J connectivity index is 2.31. The zero-order chi connectivity index (χ0) is 25.0. The van der Waals surface area contributed by atoms with Crippen molar-refractivity contribution in [3.05, 3.63) is 45.6 Å². The number of amides is 1. The highest BCUT2D eigenvalue weighted by Crippen LogP contribution is 2.50. The number of fused-ring (bicyclic) bond motifs is 3. The Bertz CT molecular complexity index is 1210. The molecule has 1 aliphatic carbocycles. The second-order valence-corrected chi connectivity index (χ2v) is 8.75. The lowest BCUT2D eigenvalue weighted by molar-refractivity contribution is -0.137. The topological polar surface area (TPSA) is 108 Å². The minimum Gasteiger partial charge on any atom is -0.492 e. The van der Waals surface area contributed by atoms with E-state index < -0.39 is 12.0 Å². The molecular weight excluding hydrogens is 458 g/mol. The zero-order valence-electron chi connectivity index (χ0n) is 19.8. The van der Waals surface area contributed by atoms with Gasteiger partial charge in [-0.3, -0.25) is 19.2 Å². The Morgan fingerprint density at radius 1 is 1.09 bits per heavy atom. The first-order valence-electron chi connectivity index (χ1n) is 10.7. The van der Waals surface area contributed by atoms with E-state index in [-0.39, 0.29) is 35.0 Å². The van der Waals surface area contributed by atoms with Crippen molar-refractivity contribution in [3.63, 3.8) is 0 Å². The molecular formula is C25H27NO7S. The molecule has 0 heterocycles. The summed E-state index contributed by atoms with van der Waals surface area (Å²) in [5, 5.41) is 2.95. The molecule has 1 amide bonds. The Kier molecular flexibility index (Phi) is 7.98. The molecule has 2 aromatic carbocycles. The van der Waals surface area contributed by atoms with E-state index in [0.717, 1.165) is 5.56 Å². The molecule has 8 nitrogen and oxygen atoms in total. The number of benzene rings is 1. The average Bonchev–Trinajstić information content (AvgIpc) is 3.00. The molecule has 0 aliphatic heterocycles. The second kappa shape index (κ2) is 10.7. The van der Waals surface area contributed by atoms with Crippen LogP contribution in [0, 0.1) is 0 Å². The minimum atomic E-state index is -0.704. The first kappa shape index (κ1) is 25.3. The van der Waals surface area contributed by atoms with Crippen LogP contribution in [-0.4, -0.2) is 38.1 Å². The molecule has 1 N–H and O–H groups in total. The average molecular weight is 486 g/mol. The highest BCUT2D eigenvalue weighted by molar-refractivity contribution is 7.98. The van der Waals surface area contributed by atoms with Crippen LogP contribution in [-0.2, 0) is 20.8 Å². The van der Waals surface area contributed by atoms with Crippen LogP contribution >= 0.6 is 11.8 Å². The van der Waals surface area contributed by atoms with Crippen molar-refractivity contribution in [2.45, 2.75) is 44.0 Å². The van der Waals surface area contributed by atoms with Crippen LogP contribution in [0.1, 0.15) is 43.9 Å². The van der Waals surface area contributed by atoms with Gasteiger partial charge in [0, 0.05) is 12.5 Å². The maximum absolute atomic E-state index is 12.8. The fourth-order valence-corrected chi connectivity index (χ4v) is 4.61.